The Bertz CT molecular complexity index is 758. The van der Waals surface area contributed by atoms with Crippen LogP contribution in [0.4, 0.5) is 0 Å². The molecule has 0 radical (unpaired) electrons. The molecule has 142 valence electrons. The standard InChI is InChI=1S/C22H33N3O/c1-3-4-5-19-7-6-17-15-21(26)16-18-14-20(25(19)22(17)18)8-9-24-12-10-23(2)11-13-24/h14-16,19,26H,3-13H2,1-2H3. The lowest BCUT2D eigenvalue weighted by Gasteiger charge is -2.33. The minimum Gasteiger partial charge on any atom is -0.508 e. The molecule has 0 aliphatic carbocycles. The van der Waals surface area contributed by atoms with Crippen molar-refractivity contribution in [2.75, 3.05) is 39.8 Å². The summed E-state index contributed by atoms with van der Waals surface area (Å²) in [5.41, 5.74) is 4.19. The van der Waals surface area contributed by atoms with Crippen LogP contribution in [-0.2, 0) is 12.8 Å². The molecule has 1 aromatic carbocycles. The van der Waals surface area contributed by atoms with Crippen LogP contribution in [0.2, 0.25) is 0 Å². The Morgan fingerprint density at radius 2 is 1.92 bits per heavy atom. The number of rotatable bonds is 6. The first-order chi connectivity index (χ1) is 12.7. The van der Waals surface area contributed by atoms with Crippen LogP contribution < -0.4 is 0 Å². The van der Waals surface area contributed by atoms with Crippen LogP contribution in [-0.4, -0.2) is 59.2 Å². The molecule has 1 saturated heterocycles. The van der Waals surface area contributed by atoms with E-state index in [1.807, 2.05) is 12.1 Å². The fourth-order valence-electron chi connectivity index (χ4n) is 4.81. The molecule has 2 aromatic rings. The van der Waals surface area contributed by atoms with Gasteiger partial charge in [-0.25, -0.2) is 0 Å². The van der Waals surface area contributed by atoms with Gasteiger partial charge in [0.25, 0.3) is 0 Å². The lowest BCUT2D eigenvalue weighted by molar-refractivity contribution is 0.154. The van der Waals surface area contributed by atoms with Crippen molar-refractivity contribution < 1.29 is 5.11 Å². The maximum Gasteiger partial charge on any atom is 0.116 e. The maximum atomic E-state index is 10.1. The first kappa shape index (κ1) is 17.9. The average Bonchev–Trinajstić information content (AvgIpc) is 3.00. The summed E-state index contributed by atoms with van der Waals surface area (Å²) in [6.07, 6.45) is 7.27. The van der Waals surface area contributed by atoms with Crippen LogP contribution in [0.3, 0.4) is 0 Å². The minimum absolute atomic E-state index is 0.419. The molecule has 0 spiro atoms. The van der Waals surface area contributed by atoms with Crippen molar-refractivity contribution in [3.8, 4) is 5.75 Å². The molecule has 4 rings (SSSR count). The molecule has 2 aliphatic heterocycles. The molecule has 0 amide bonds. The van der Waals surface area contributed by atoms with Crippen LogP contribution >= 0.6 is 0 Å². The molecule has 1 unspecified atom stereocenters. The molecule has 4 nitrogen and oxygen atoms in total. The maximum absolute atomic E-state index is 10.1. The number of aromatic nitrogens is 1. The fraction of sp³-hybridized carbons (Fsp3) is 0.636. The first-order valence-electron chi connectivity index (χ1n) is 10.4. The molecule has 1 aromatic heterocycles. The molecule has 4 heteroatoms. The van der Waals surface area contributed by atoms with Crippen LogP contribution in [0.5, 0.6) is 5.75 Å². The highest BCUT2D eigenvalue weighted by molar-refractivity contribution is 5.86. The van der Waals surface area contributed by atoms with Gasteiger partial charge >= 0.3 is 0 Å². The SMILES string of the molecule is CCCCC1CCc2cc(O)cc3cc(CCN4CCN(C)CC4)n1c23. The van der Waals surface area contributed by atoms with E-state index in [2.05, 4.69) is 34.4 Å². The number of hydrogen-bond donors (Lipinski definition) is 1. The van der Waals surface area contributed by atoms with Gasteiger partial charge in [-0.05, 0) is 50.1 Å². The molecule has 2 aliphatic rings. The molecule has 1 N–H and O–H groups in total. The van der Waals surface area contributed by atoms with Crippen molar-refractivity contribution in [3.63, 3.8) is 0 Å². The third-order valence-electron chi connectivity index (χ3n) is 6.36. The Morgan fingerprint density at radius 1 is 1.12 bits per heavy atom. The smallest absolute Gasteiger partial charge is 0.116 e. The molecule has 1 atom stereocenters. The predicted octanol–water partition coefficient (Wildman–Crippen LogP) is 3.81. The van der Waals surface area contributed by atoms with Crippen molar-refractivity contribution in [3.05, 3.63) is 29.5 Å². The quantitative estimate of drug-likeness (QED) is 0.855. The second-order valence-electron chi connectivity index (χ2n) is 8.28. The van der Waals surface area contributed by atoms with E-state index in [-0.39, 0.29) is 0 Å². The summed E-state index contributed by atoms with van der Waals surface area (Å²) in [6.45, 7) is 8.16. The topological polar surface area (TPSA) is 31.6 Å². The van der Waals surface area contributed by atoms with E-state index in [1.165, 1.54) is 74.0 Å². The van der Waals surface area contributed by atoms with Crippen molar-refractivity contribution >= 4 is 10.9 Å². The van der Waals surface area contributed by atoms with E-state index in [0.717, 1.165) is 19.4 Å². The Balaban J connectivity index is 1.60. The number of aromatic hydroxyl groups is 1. The Hall–Kier alpha value is -1.52. The Kier molecular flexibility index (Phi) is 5.23. The predicted molar refractivity (Wildman–Crippen MR) is 108 cm³/mol. The number of phenolic OH excluding ortho intramolecular Hbond substituents is 1. The van der Waals surface area contributed by atoms with Gasteiger partial charge in [-0.15, -0.1) is 0 Å². The highest BCUT2D eigenvalue weighted by atomic mass is 16.3. The van der Waals surface area contributed by atoms with Gasteiger partial charge in [0.2, 0.25) is 0 Å². The van der Waals surface area contributed by atoms with Gasteiger partial charge in [0, 0.05) is 56.3 Å². The van der Waals surface area contributed by atoms with Gasteiger partial charge in [0.15, 0.2) is 0 Å². The summed E-state index contributed by atoms with van der Waals surface area (Å²) in [7, 11) is 2.22. The summed E-state index contributed by atoms with van der Waals surface area (Å²) in [5.74, 6) is 0.419. The van der Waals surface area contributed by atoms with E-state index in [9.17, 15) is 5.11 Å². The molecule has 0 bridgehead atoms. The monoisotopic (exact) mass is 355 g/mol. The molecule has 26 heavy (non-hydrogen) atoms. The molecular formula is C22H33N3O. The van der Waals surface area contributed by atoms with Gasteiger partial charge in [-0.3, -0.25) is 0 Å². The van der Waals surface area contributed by atoms with E-state index in [0.29, 0.717) is 11.8 Å². The van der Waals surface area contributed by atoms with Crippen molar-refractivity contribution in [1.29, 1.82) is 0 Å². The van der Waals surface area contributed by atoms with Crippen LogP contribution in [0.1, 0.15) is 49.9 Å². The van der Waals surface area contributed by atoms with Crippen molar-refractivity contribution in [2.45, 2.75) is 51.5 Å². The number of hydrogen-bond acceptors (Lipinski definition) is 3. The largest absolute Gasteiger partial charge is 0.508 e. The number of likely N-dealkylation sites (N-methyl/N-ethyl adjacent to an activating group) is 1. The van der Waals surface area contributed by atoms with Crippen LogP contribution in [0.25, 0.3) is 10.9 Å². The highest BCUT2D eigenvalue weighted by Gasteiger charge is 2.25. The fourth-order valence-corrected chi connectivity index (χ4v) is 4.81. The minimum atomic E-state index is 0.419. The highest BCUT2D eigenvalue weighted by Crippen LogP contribution is 2.38. The zero-order valence-electron chi connectivity index (χ0n) is 16.4. The van der Waals surface area contributed by atoms with Crippen molar-refractivity contribution in [2.24, 2.45) is 0 Å². The number of phenols is 1. The lowest BCUT2D eigenvalue weighted by Crippen LogP contribution is -2.45. The van der Waals surface area contributed by atoms with E-state index in [1.54, 1.807) is 0 Å². The van der Waals surface area contributed by atoms with Gasteiger partial charge in [0.05, 0.1) is 5.52 Å². The normalized spacial score (nSPS) is 21.5. The summed E-state index contributed by atoms with van der Waals surface area (Å²) in [4.78, 5) is 5.02. The second-order valence-corrected chi connectivity index (χ2v) is 8.28. The third kappa shape index (κ3) is 3.49. The van der Waals surface area contributed by atoms with Gasteiger partial charge in [-0.1, -0.05) is 19.8 Å². The molecular weight excluding hydrogens is 322 g/mol. The first-order valence-corrected chi connectivity index (χ1v) is 10.4. The number of unbranched alkanes of at least 4 members (excludes halogenated alkanes) is 1. The molecule has 3 heterocycles. The van der Waals surface area contributed by atoms with Gasteiger partial charge < -0.3 is 19.5 Å². The number of nitrogens with zero attached hydrogens (tertiary/aromatic N) is 3. The Morgan fingerprint density at radius 3 is 2.69 bits per heavy atom. The van der Waals surface area contributed by atoms with Gasteiger partial charge in [-0.2, -0.15) is 0 Å². The summed E-state index contributed by atoms with van der Waals surface area (Å²) in [6, 6.07) is 6.92. The molecule has 1 fully saturated rings. The van der Waals surface area contributed by atoms with E-state index < -0.39 is 0 Å². The zero-order valence-corrected chi connectivity index (χ0v) is 16.4. The van der Waals surface area contributed by atoms with Crippen molar-refractivity contribution in [1.82, 2.24) is 14.4 Å². The summed E-state index contributed by atoms with van der Waals surface area (Å²) >= 11 is 0. The van der Waals surface area contributed by atoms with Gasteiger partial charge in [0.1, 0.15) is 5.75 Å². The second kappa shape index (κ2) is 7.61. The van der Waals surface area contributed by atoms with E-state index >= 15 is 0 Å². The average molecular weight is 356 g/mol. The zero-order chi connectivity index (χ0) is 18.1. The van der Waals surface area contributed by atoms with E-state index in [4.69, 9.17) is 0 Å². The molecule has 0 saturated carbocycles. The Labute approximate surface area is 157 Å². The number of aryl methyl sites for hydroxylation is 1. The van der Waals surface area contributed by atoms with Crippen LogP contribution in [0, 0.1) is 0 Å². The number of piperazine rings is 1. The summed E-state index contributed by atoms with van der Waals surface area (Å²) < 4.78 is 2.64. The number of benzene rings is 1. The third-order valence-corrected chi connectivity index (χ3v) is 6.36. The van der Waals surface area contributed by atoms with Crippen LogP contribution in [0.15, 0.2) is 18.2 Å². The lowest BCUT2D eigenvalue weighted by atomic mass is 9.95. The summed E-state index contributed by atoms with van der Waals surface area (Å²) in [5, 5.41) is 11.3.